The highest BCUT2D eigenvalue weighted by Crippen LogP contribution is 2.40. The first-order valence-electron chi connectivity index (χ1n) is 11.1. The van der Waals surface area contributed by atoms with Crippen LogP contribution in [-0.4, -0.2) is 36.7 Å². The average Bonchev–Trinajstić information content (AvgIpc) is 3.36. The van der Waals surface area contributed by atoms with E-state index in [0.717, 1.165) is 0 Å². The lowest BCUT2D eigenvalue weighted by Crippen LogP contribution is -2.13. The van der Waals surface area contributed by atoms with Gasteiger partial charge in [-0.2, -0.15) is 15.0 Å². The second kappa shape index (κ2) is 9.96. The standard InChI is InChI=1S/C26H17N9O3/c27-13-17-14-31-35(26-29-10-3-11-30-26)24(17)34-33-21-19-5-2-1-4-16(19)12-20(22(21)36)25(38)32-18-8-6-15(7-9-18)23(28)37/h1-12,14,36H,(H2,28,37)(H,32,38). The zero-order valence-corrected chi connectivity index (χ0v) is 19.5. The topological polar surface area (TPSA) is 185 Å². The average molecular weight is 503 g/mol. The van der Waals surface area contributed by atoms with E-state index in [1.807, 2.05) is 6.07 Å². The van der Waals surface area contributed by atoms with Crippen molar-refractivity contribution in [3.63, 3.8) is 0 Å². The van der Waals surface area contributed by atoms with Crippen molar-refractivity contribution >= 4 is 39.8 Å². The van der Waals surface area contributed by atoms with Gasteiger partial charge in [0.25, 0.3) is 11.9 Å². The SMILES string of the molecule is N#Cc1cnn(-c2ncccn2)c1N=Nc1c(O)c(C(=O)Nc2ccc(C(N)=O)cc2)cc2ccccc12. The van der Waals surface area contributed by atoms with E-state index in [0.29, 0.717) is 16.5 Å². The molecule has 0 saturated heterocycles. The molecule has 0 fully saturated rings. The summed E-state index contributed by atoms with van der Waals surface area (Å²) in [6.45, 7) is 0. The van der Waals surface area contributed by atoms with Gasteiger partial charge in [0.05, 0.1) is 11.8 Å². The van der Waals surface area contributed by atoms with Crippen molar-refractivity contribution in [1.29, 1.82) is 5.26 Å². The van der Waals surface area contributed by atoms with Crippen LogP contribution in [0.1, 0.15) is 26.3 Å². The summed E-state index contributed by atoms with van der Waals surface area (Å²) in [7, 11) is 0. The highest BCUT2D eigenvalue weighted by atomic mass is 16.3. The van der Waals surface area contributed by atoms with E-state index < -0.39 is 17.6 Å². The number of nitrogens with two attached hydrogens (primary N) is 1. The van der Waals surface area contributed by atoms with Crippen molar-refractivity contribution in [1.82, 2.24) is 19.7 Å². The van der Waals surface area contributed by atoms with Gasteiger partial charge in [-0.25, -0.2) is 9.97 Å². The van der Waals surface area contributed by atoms with Gasteiger partial charge in [0.15, 0.2) is 11.6 Å². The molecule has 0 radical (unpaired) electrons. The molecule has 0 aliphatic carbocycles. The first kappa shape index (κ1) is 23.8. The lowest BCUT2D eigenvalue weighted by Gasteiger charge is -2.11. The van der Waals surface area contributed by atoms with Crippen molar-refractivity contribution < 1.29 is 14.7 Å². The number of fused-ring (bicyclic) bond motifs is 1. The van der Waals surface area contributed by atoms with E-state index in [-0.39, 0.29) is 34.1 Å². The van der Waals surface area contributed by atoms with Gasteiger partial charge in [0, 0.05) is 29.0 Å². The van der Waals surface area contributed by atoms with Crippen LogP contribution in [-0.2, 0) is 0 Å². The fraction of sp³-hybridized carbons (Fsp3) is 0. The molecule has 3 aromatic carbocycles. The lowest BCUT2D eigenvalue weighted by molar-refractivity contribution is 0.0998. The number of primary amides is 1. The number of rotatable bonds is 6. The van der Waals surface area contributed by atoms with Crippen molar-refractivity contribution in [2.24, 2.45) is 16.0 Å². The van der Waals surface area contributed by atoms with Crippen LogP contribution in [0.4, 0.5) is 17.2 Å². The van der Waals surface area contributed by atoms with Gasteiger partial charge in [0.1, 0.15) is 17.3 Å². The summed E-state index contributed by atoms with van der Waals surface area (Å²) < 4.78 is 1.24. The minimum absolute atomic E-state index is 0.0166. The van der Waals surface area contributed by atoms with Gasteiger partial charge in [-0.3, -0.25) is 9.59 Å². The fourth-order valence-electron chi connectivity index (χ4n) is 3.67. The summed E-state index contributed by atoms with van der Waals surface area (Å²) in [6, 6.07) is 18.2. The fourth-order valence-corrected chi connectivity index (χ4v) is 3.67. The molecule has 2 heterocycles. The van der Waals surface area contributed by atoms with Crippen LogP contribution in [0.15, 0.2) is 89.5 Å². The molecule has 0 saturated carbocycles. The van der Waals surface area contributed by atoms with E-state index >= 15 is 0 Å². The minimum atomic E-state index is -0.614. The number of benzene rings is 3. The molecule has 0 bridgehead atoms. The zero-order chi connectivity index (χ0) is 26.6. The summed E-state index contributed by atoms with van der Waals surface area (Å²) in [5, 5.41) is 37.0. The normalized spacial score (nSPS) is 10.9. The van der Waals surface area contributed by atoms with Crippen LogP contribution in [0, 0.1) is 11.3 Å². The number of hydrogen-bond acceptors (Lipinski definition) is 9. The number of azo groups is 1. The largest absolute Gasteiger partial charge is 0.505 e. The number of hydrogen-bond donors (Lipinski definition) is 3. The van der Waals surface area contributed by atoms with Crippen LogP contribution in [0.25, 0.3) is 16.7 Å². The maximum atomic E-state index is 13.1. The number of aromatic hydroxyl groups is 1. The van der Waals surface area contributed by atoms with Gasteiger partial charge in [-0.15, -0.1) is 10.2 Å². The lowest BCUT2D eigenvalue weighted by atomic mass is 10.0. The molecule has 184 valence electrons. The number of amides is 2. The first-order valence-corrected chi connectivity index (χ1v) is 11.1. The molecule has 38 heavy (non-hydrogen) atoms. The van der Waals surface area contributed by atoms with Crippen molar-refractivity contribution in [2.75, 3.05) is 5.32 Å². The van der Waals surface area contributed by atoms with Gasteiger partial charge in [-0.1, -0.05) is 24.3 Å². The Morgan fingerprint density at radius 3 is 2.47 bits per heavy atom. The molecular weight excluding hydrogens is 486 g/mol. The third-order valence-corrected chi connectivity index (χ3v) is 5.52. The summed E-state index contributed by atoms with van der Waals surface area (Å²) in [5.41, 5.74) is 6.01. The van der Waals surface area contributed by atoms with E-state index in [1.54, 1.807) is 30.3 Å². The second-order valence-corrected chi connectivity index (χ2v) is 7.89. The summed E-state index contributed by atoms with van der Waals surface area (Å²) >= 11 is 0. The Bertz CT molecular complexity index is 1760. The van der Waals surface area contributed by atoms with Gasteiger partial charge in [0.2, 0.25) is 5.91 Å². The highest BCUT2D eigenvalue weighted by molar-refractivity contribution is 6.11. The highest BCUT2D eigenvalue weighted by Gasteiger charge is 2.20. The molecule has 5 rings (SSSR count). The summed E-state index contributed by atoms with van der Waals surface area (Å²) in [6.07, 6.45) is 4.33. The third-order valence-electron chi connectivity index (χ3n) is 5.52. The van der Waals surface area contributed by atoms with E-state index in [4.69, 9.17) is 5.73 Å². The number of nitrogens with zero attached hydrogens (tertiary/aromatic N) is 7. The molecular formula is C26H17N9O3. The molecule has 0 spiro atoms. The predicted octanol–water partition coefficient (Wildman–Crippen LogP) is 4.16. The number of nitriles is 1. The Labute approximate surface area is 214 Å². The molecule has 0 aliphatic rings. The Morgan fingerprint density at radius 2 is 1.76 bits per heavy atom. The number of carbonyl (C=O) groups excluding carboxylic acids is 2. The number of carbonyl (C=O) groups is 2. The smallest absolute Gasteiger partial charge is 0.259 e. The third kappa shape index (κ3) is 4.50. The van der Waals surface area contributed by atoms with Crippen LogP contribution < -0.4 is 11.1 Å². The number of phenols is 1. The number of nitrogens with one attached hydrogen (secondary N) is 1. The Morgan fingerprint density at radius 1 is 1.03 bits per heavy atom. The molecule has 4 N–H and O–H groups in total. The van der Waals surface area contributed by atoms with E-state index in [9.17, 15) is 20.0 Å². The Kier molecular flexibility index (Phi) is 6.23. The second-order valence-electron chi connectivity index (χ2n) is 7.89. The van der Waals surface area contributed by atoms with Gasteiger partial charge < -0.3 is 16.2 Å². The number of anilines is 1. The molecule has 2 amide bonds. The monoisotopic (exact) mass is 503 g/mol. The Balaban J connectivity index is 1.56. The summed E-state index contributed by atoms with van der Waals surface area (Å²) in [4.78, 5) is 32.7. The molecule has 2 aromatic heterocycles. The van der Waals surface area contributed by atoms with Crippen LogP contribution in [0.5, 0.6) is 5.75 Å². The zero-order valence-electron chi connectivity index (χ0n) is 19.5. The Hall–Kier alpha value is -5.96. The molecule has 0 atom stereocenters. The predicted molar refractivity (Wildman–Crippen MR) is 137 cm³/mol. The van der Waals surface area contributed by atoms with Crippen LogP contribution in [0.3, 0.4) is 0 Å². The molecule has 12 heteroatoms. The molecule has 12 nitrogen and oxygen atoms in total. The maximum Gasteiger partial charge on any atom is 0.259 e. The molecule has 0 aliphatic heterocycles. The van der Waals surface area contributed by atoms with Crippen molar-refractivity contribution in [3.8, 4) is 17.8 Å². The van der Waals surface area contributed by atoms with E-state index in [2.05, 4.69) is 30.6 Å². The van der Waals surface area contributed by atoms with Crippen molar-refractivity contribution in [2.45, 2.75) is 0 Å². The maximum absolute atomic E-state index is 13.1. The minimum Gasteiger partial charge on any atom is -0.505 e. The first-order chi connectivity index (χ1) is 18.5. The molecule has 0 unspecified atom stereocenters. The van der Waals surface area contributed by atoms with Crippen LogP contribution in [0.2, 0.25) is 0 Å². The molecule has 5 aromatic rings. The van der Waals surface area contributed by atoms with Crippen LogP contribution >= 0.6 is 0 Å². The van der Waals surface area contributed by atoms with Gasteiger partial charge >= 0.3 is 0 Å². The number of aromatic nitrogens is 4. The van der Waals surface area contributed by atoms with Gasteiger partial charge in [-0.05, 0) is 41.8 Å². The number of phenolic OH excluding ortho intramolecular Hbond substituents is 1. The van der Waals surface area contributed by atoms with E-state index in [1.165, 1.54) is 53.6 Å². The summed E-state index contributed by atoms with van der Waals surface area (Å²) in [5.74, 6) is -1.40. The quantitative estimate of drug-likeness (QED) is 0.290. The van der Waals surface area contributed by atoms with Crippen molar-refractivity contribution in [3.05, 3.63) is 95.9 Å².